The fraction of sp³-hybridized carbons (Fsp3) is 0.368. The lowest BCUT2D eigenvalue weighted by atomic mass is 9.97. The smallest absolute Gasteiger partial charge is 0.133 e. The van der Waals surface area contributed by atoms with Gasteiger partial charge in [0.1, 0.15) is 23.1 Å². The van der Waals surface area contributed by atoms with Crippen LogP contribution in [-0.2, 0) is 0 Å². The van der Waals surface area contributed by atoms with Crippen LogP contribution in [0.5, 0.6) is 17.2 Å². The second-order valence-corrected chi connectivity index (χ2v) is 8.33. The average Bonchev–Trinajstić information content (AvgIpc) is 2.81. The number of fused-ring (bicyclic) bond motifs is 1. The molecule has 0 fully saturated rings. The molecule has 1 heterocycles. The summed E-state index contributed by atoms with van der Waals surface area (Å²) in [5.41, 5.74) is 4.44. The zero-order chi connectivity index (χ0) is 16.7. The van der Waals surface area contributed by atoms with Gasteiger partial charge in [0.25, 0.3) is 0 Å². The molecule has 1 aliphatic heterocycles. The van der Waals surface area contributed by atoms with E-state index in [1.165, 1.54) is 10.9 Å². The number of ether oxygens (including phenoxy) is 3. The van der Waals surface area contributed by atoms with E-state index < -0.39 is 0 Å². The fourth-order valence-corrected chi connectivity index (χ4v) is 5.03. The summed E-state index contributed by atoms with van der Waals surface area (Å²) in [4.78, 5) is 0. The SMILES string of the molecule is COc1c(C)cc(C)c(OC)c1-c1cccc2c1P(C)[C@@H](C)O2. The lowest BCUT2D eigenvalue weighted by Gasteiger charge is -2.20. The summed E-state index contributed by atoms with van der Waals surface area (Å²) in [6.45, 7) is 8.57. The molecule has 122 valence electrons. The molecule has 0 N–H and O–H groups in total. The van der Waals surface area contributed by atoms with E-state index in [-0.39, 0.29) is 13.8 Å². The highest BCUT2D eigenvalue weighted by Crippen LogP contribution is 2.52. The van der Waals surface area contributed by atoms with E-state index in [1.54, 1.807) is 14.2 Å². The van der Waals surface area contributed by atoms with Crippen LogP contribution in [0, 0.1) is 13.8 Å². The largest absolute Gasteiger partial charge is 0.496 e. The van der Waals surface area contributed by atoms with E-state index in [0.29, 0.717) is 0 Å². The van der Waals surface area contributed by atoms with Gasteiger partial charge in [-0.1, -0.05) is 12.1 Å². The number of hydrogen-bond donors (Lipinski definition) is 0. The van der Waals surface area contributed by atoms with Crippen molar-refractivity contribution in [1.29, 1.82) is 0 Å². The number of rotatable bonds is 3. The Morgan fingerprint density at radius 3 is 2.22 bits per heavy atom. The molecule has 4 heteroatoms. The Morgan fingerprint density at radius 2 is 1.65 bits per heavy atom. The highest BCUT2D eigenvalue weighted by atomic mass is 31.1. The Labute approximate surface area is 139 Å². The molecule has 0 saturated heterocycles. The fourth-order valence-electron chi connectivity index (χ4n) is 3.35. The molecular weight excluding hydrogens is 307 g/mol. The Balaban J connectivity index is 2.35. The maximum atomic E-state index is 6.04. The van der Waals surface area contributed by atoms with Crippen molar-refractivity contribution < 1.29 is 14.2 Å². The van der Waals surface area contributed by atoms with Crippen molar-refractivity contribution in [1.82, 2.24) is 0 Å². The summed E-state index contributed by atoms with van der Waals surface area (Å²) in [5, 5.41) is 1.30. The number of hydrogen-bond acceptors (Lipinski definition) is 3. The van der Waals surface area contributed by atoms with Crippen LogP contribution in [0.25, 0.3) is 11.1 Å². The van der Waals surface area contributed by atoms with Gasteiger partial charge < -0.3 is 14.2 Å². The molecule has 0 saturated carbocycles. The van der Waals surface area contributed by atoms with Gasteiger partial charge >= 0.3 is 0 Å². The van der Waals surface area contributed by atoms with Crippen LogP contribution in [-0.4, -0.2) is 26.7 Å². The summed E-state index contributed by atoms with van der Waals surface area (Å²) in [7, 11) is 3.07. The summed E-state index contributed by atoms with van der Waals surface area (Å²) in [6, 6.07) is 8.37. The van der Waals surface area contributed by atoms with E-state index >= 15 is 0 Å². The summed E-state index contributed by atoms with van der Waals surface area (Å²) in [5.74, 6) is 2.99. The molecule has 0 aliphatic carbocycles. The van der Waals surface area contributed by atoms with Gasteiger partial charge in [0.2, 0.25) is 0 Å². The number of methoxy groups -OCH3 is 2. The summed E-state index contributed by atoms with van der Waals surface area (Å²) >= 11 is 0. The van der Waals surface area contributed by atoms with Gasteiger partial charge in [-0.05, 0) is 58.6 Å². The molecule has 3 nitrogen and oxygen atoms in total. The van der Waals surface area contributed by atoms with E-state index in [4.69, 9.17) is 14.2 Å². The van der Waals surface area contributed by atoms with Crippen LogP contribution in [0.4, 0.5) is 0 Å². The van der Waals surface area contributed by atoms with Crippen molar-refractivity contribution in [3.05, 3.63) is 35.4 Å². The predicted octanol–water partition coefficient (Wildman–Crippen LogP) is 4.46. The van der Waals surface area contributed by atoms with Gasteiger partial charge in [-0.3, -0.25) is 0 Å². The highest BCUT2D eigenvalue weighted by Gasteiger charge is 2.32. The third kappa shape index (κ3) is 2.48. The molecule has 0 spiro atoms. The van der Waals surface area contributed by atoms with E-state index in [1.807, 2.05) is 6.07 Å². The van der Waals surface area contributed by atoms with Crippen LogP contribution < -0.4 is 19.5 Å². The minimum absolute atomic E-state index is 0.240. The molecule has 1 aliphatic rings. The second-order valence-electron chi connectivity index (χ2n) is 5.93. The molecule has 3 rings (SSSR count). The number of benzene rings is 2. The average molecular weight is 330 g/mol. The van der Waals surface area contributed by atoms with Crippen molar-refractivity contribution in [2.75, 3.05) is 20.9 Å². The van der Waals surface area contributed by atoms with Crippen LogP contribution in [0.3, 0.4) is 0 Å². The molecule has 2 aromatic carbocycles. The van der Waals surface area contributed by atoms with Gasteiger partial charge in [-0.2, -0.15) is 0 Å². The van der Waals surface area contributed by atoms with Gasteiger partial charge in [0.05, 0.1) is 19.8 Å². The van der Waals surface area contributed by atoms with Crippen molar-refractivity contribution in [3.8, 4) is 28.4 Å². The van der Waals surface area contributed by atoms with Crippen LogP contribution >= 0.6 is 7.92 Å². The normalized spacial score (nSPS) is 19.2. The lowest BCUT2D eigenvalue weighted by Crippen LogP contribution is -2.07. The van der Waals surface area contributed by atoms with Gasteiger partial charge in [-0.15, -0.1) is 0 Å². The van der Waals surface area contributed by atoms with E-state index in [9.17, 15) is 0 Å². The quantitative estimate of drug-likeness (QED) is 0.778. The maximum Gasteiger partial charge on any atom is 0.133 e. The highest BCUT2D eigenvalue weighted by molar-refractivity contribution is 7.66. The first-order valence-electron chi connectivity index (χ1n) is 7.74. The topological polar surface area (TPSA) is 27.7 Å². The Hall–Kier alpha value is -1.73. The monoisotopic (exact) mass is 330 g/mol. The van der Waals surface area contributed by atoms with Crippen LogP contribution in [0.2, 0.25) is 0 Å². The Kier molecular flexibility index (Phi) is 4.25. The molecule has 23 heavy (non-hydrogen) atoms. The van der Waals surface area contributed by atoms with Gasteiger partial charge in [-0.25, -0.2) is 0 Å². The maximum absolute atomic E-state index is 6.04. The molecular formula is C19H23O3P. The third-order valence-electron chi connectivity index (χ3n) is 4.48. The first-order chi connectivity index (χ1) is 11.0. The first-order valence-corrected chi connectivity index (χ1v) is 9.60. The van der Waals surface area contributed by atoms with Crippen LogP contribution in [0.1, 0.15) is 18.1 Å². The first kappa shape index (κ1) is 16.1. The standard InChI is InChI=1S/C19H23O3P/c1-11-10-12(2)18(21-5)16(17(11)20-4)14-8-7-9-15-19(14)23(6)13(3)22-15/h7-10,13H,1-6H3/t13-,23?/m0/s1. The number of aryl methyl sites for hydroxylation is 2. The molecule has 0 aromatic heterocycles. The van der Waals surface area contributed by atoms with Gasteiger partial charge in [0, 0.05) is 10.9 Å². The lowest BCUT2D eigenvalue weighted by molar-refractivity contribution is 0.315. The minimum Gasteiger partial charge on any atom is -0.496 e. The van der Waals surface area contributed by atoms with Crippen molar-refractivity contribution in [3.63, 3.8) is 0 Å². The zero-order valence-electron chi connectivity index (χ0n) is 14.6. The molecule has 0 amide bonds. The van der Waals surface area contributed by atoms with E-state index in [0.717, 1.165) is 33.9 Å². The Morgan fingerprint density at radius 1 is 1.04 bits per heavy atom. The molecule has 0 bridgehead atoms. The Bertz CT molecular complexity index is 727. The van der Waals surface area contributed by atoms with E-state index in [2.05, 4.69) is 45.6 Å². The zero-order valence-corrected chi connectivity index (χ0v) is 15.5. The molecule has 1 unspecified atom stereocenters. The summed E-state index contributed by atoms with van der Waals surface area (Å²) in [6.07, 6.45) is 0. The third-order valence-corrected chi connectivity index (χ3v) is 6.84. The van der Waals surface area contributed by atoms with Crippen molar-refractivity contribution in [2.24, 2.45) is 0 Å². The van der Waals surface area contributed by atoms with Gasteiger partial charge in [0.15, 0.2) is 0 Å². The minimum atomic E-state index is -0.374. The van der Waals surface area contributed by atoms with Crippen LogP contribution in [0.15, 0.2) is 24.3 Å². The predicted molar refractivity (Wildman–Crippen MR) is 97.0 cm³/mol. The second kappa shape index (κ2) is 6.05. The molecule has 0 radical (unpaired) electrons. The van der Waals surface area contributed by atoms with Crippen molar-refractivity contribution >= 4 is 13.2 Å². The van der Waals surface area contributed by atoms with Crippen molar-refractivity contribution in [2.45, 2.75) is 26.6 Å². The molecule has 2 aromatic rings. The summed E-state index contributed by atoms with van der Waals surface area (Å²) < 4.78 is 17.5. The molecule has 2 atom stereocenters.